The third-order valence-electron chi connectivity index (χ3n) is 2.52. The van der Waals surface area contributed by atoms with Crippen molar-refractivity contribution in [3.05, 3.63) is 59.5 Å². The molecule has 0 saturated carbocycles. The Bertz CT molecular complexity index is 619. The molecule has 0 atom stereocenters. The fourth-order valence-corrected chi connectivity index (χ4v) is 2.37. The predicted octanol–water partition coefficient (Wildman–Crippen LogP) is 3.25. The Labute approximate surface area is 122 Å². The van der Waals surface area contributed by atoms with Crippen molar-refractivity contribution in [2.75, 3.05) is 6.61 Å². The van der Waals surface area contributed by atoms with Crippen LogP contribution in [0.1, 0.15) is 17.5 Å². The van der Waals surface area contributed by atoms with Crippen molar-refractivity contribution in [1.82, 2.24) is 4.98 Å². The molecule has 102 valence electrons. The van der Waals surface area contributed by atoms with E-state index in [0.717, 1.165) is 10.6 Å². The standard InChI is InChI=1S/C16H14FNOS/c17-15-8-7-13(11-14(15)5-2-4-10-19)12-20-16-6-1-3-9-18-16/h1,3,6-9,11,19H,4,10,12H2. The van der Waals surface area contributed by atoms with E-state index in [1.54, 1.807) is 30.1 Å². The Hall–Kier alpha value is -1.83. The molecular formula is C16H14FNOS. The largest absolute Gasteiger partial charge is 0.395 e. The first-order chi connectivity index (χ1) is 9.79. The molecule has 0 aliphatic heterocycles. The average Bonchev–Trinajstić information content (AvgIpc) is 2.49. The van der Waals surface area contributed by atoms with E-state index < -0.39 is 0 Å². The van der Waals surface area contributed by atoms with Crippen LogP contribution in [0.2, 0.25) is 0 Å². The van der Waals surface area contributed by atoms with Crippen molar-refractivity contribution < 1.29 is 9.50 Å². The molecular weight excluding hydrogens is 273 g/mol. The summed E-state index contributed by atoms with van der Waals surface area (Å²) in [7, 11) is 0. The number of hydrogen-bond acceptors (Lipinski definition) is 3. The minimum Gasteiger partial charge on any atom is -0.395 e. The second-order valence-corrected chi connectivity index (χ2v) is 5.04. The summed E-state index contributed by atoms with van der Waals surface area (Å²) in [6.45, 7) is -0.0101. The SMILES string of the molecule is OCCC#Cc1cc(CSc2ccccn2)ccc1F. The molecule has 0 unspecified atom stereocenters. The van der Waals surface area contributed by atoms with Gasteiger partial charge in [0.05, 0.1) is 17.2 Å². The van der Waals surface area contributed by atoms with E-state index in [-0.39, 0.29) is 12.4 Å². The number of benzene rings is 1. The molecule has 1 heterocycles. The summed E-state index contributed by atoms with van der Waals surface area (Å²) in [6, 6.07) is 10.7. The second-order valence-electron chi connectivity index (χ2n) is 4.05. The van der Waals surface area contributed by atoms with Crippen molar-refractivity contribution in [1.29, 1.82) is 0 Å². The minimum absolute atomic E-state index is 0.0101. The van der Waals surface area contributed by atoms with Crippen molar-refractivity contribution in [3.63, 3.8) is 0 Å². The van der Waals surface area contributed by atoms with E-state index in [2.05, 4.69) is 16.8 Å². The van der Waals surface area contributed by atoms with Gasteiger partial charge in [-0.15, -0.1) is 11.8 Å². The fourth-order valence-electron chi connectivity index (χ4n) is 1.56. The fraction of sp³-hybridized carbons (Fsp3) is 0.188. The third-order valence-corrected chi connectivity index (χ3v) is 3.53. The first-order valence-corrected chi connectivity index (χ1v) is 7.20. The first-order valence-electron chi connectivity index (χ1n) is 6.21. The molecule has 4 heteroatoms. The molecule has 0 fully saturated rings. The number of hydrogen-bond donors (Lipinski definition) is 1. The van der Waals surface area contributed by atoms with Crippen LogP contribution in [0.4, 0.5) is 4.39 Å². The molecule has 0 saturated heterocycles. The molecule has 1 aromatic heterocycles. The van der Waals surface area contributed by atoms with Gasteiger partial charge >= 0.3 is 0 Å². The molecule has 0 amide bonds. The zero-order valence-corrected chi connectivity index (χ0v) is 11.7. The van der Waals surface area contributed by atoms with E-state index >= 15 is 0 Å². The number of nitrogens with zero attached hydrogens (tertiary/aromatic N) is 1. The highest BCUT2D eigenvalue weighted by molar-refractivity contribution is 7.98. The van der Waals surface area contributed by atoms with Gasteiger partial charge in [0.25, 0.3) is 0 Å². The Kier molecular flexibility index (Phi) is 5.60. The maximum Gasteiger partial charge on any atom is 0.138 e. The molecule has 2 aromatic rings. The smallest absolute Gasteiger partial charge is 0.138 e. The Balaban J connectivity index is 2.06. The molecule has 1 aromatic carbocycles. The molecule has 2 rings (SSSR count). The molecule has 0 radical (unpaired) electrons. The van der Waals surface area contributed by atoms with Crippen LogP contribution in [0, 0.1) is 17.7 Å². The van der Waals surface area contributed by atoms with Crippen molar-refractivity contribution in [2.45, 2.75) is 17.2 Å². The average molecular weight is 287 g/mol. The lowest BCUT2D eigenvalue weighted by atomic mass is 10.1. The predicted molar refractivity (Wildman–Crippen MR) is 78.8 cm³/mol. The molecule has 1 N–H and O–H groups in total. The maximum atomic E-state index is 13.6. The lowest BCUT2D eigenvalue weighted by Crippen LogP contribution is -1.89. The van der Waals surface area contributed by atoms with Gasteiger partial charge in [0, 0.05) is 18.4 Å². The molecule has 0 aliphatic carbocycles. The molecule has 0 bridgehead atoms. The van der Waals surface area contributed by atoms with E-state index in [9.17, 15) is 4.39 Å². The Morgan fingerprint density at radius 1 is 1.25 bits per heavy atom. The highest BCUT2D eigenvalue weighted by Gasteiger charge is 2.02. The van der Waals surface area contributed by atoms with Gasteiger partial charge in [-0.3, -0.25) is 0 Å². The van der Waals surface area contributed by atoms with Crippen LogP contribution in [0.5, 0.6) is 0 Å². The van der Waals surface area contributed by atoms with Crippen LogP contribution in [0.15, 0.2) is 47.6 Å². The quantitative estimate of drug-likeness (QED) is 0.692. The number of halogens is 1. The van der Waals surface area contributed by atoms with Gasteiger partial charge in [0.2, 0.25) is 0 Å². The summed E-state index contributed by atoms with van der Waals surface area (Å²) in [5, 5.41) is 9.61. The second kappa shape index (κ2) is 7.68. The van der Waals surface area contributed by atoms with Crippen LogP contribution < -0.4 is 0 Å². The van der Waals surface area contributed by atoms with Crippen LogP contribution >= 0.6 is 11.8 Å². The summed E-state index contributed by atoms with van der Waals surface area (Å²) >= 11 is 1.59. The van der Waals surface area contributed by atoms with Gasteiger partial charge in [-0.25, -0.2) is 9.37 Å². The third kappa shape index (κ3) is 4.37. The monoisotopic (exact) mass is 287 g/mol. The summed E-state index contributed by atoms with van der Waals surface area (Å²) < 4.78 is 13.6. The Morgan fingerprint density at radius 3 is 2.90 bits per heavy atom. The van der Waals surface area contributed by atoms with E-state index in [4.69, 9.17) is 5.11 Å². The summed E-state index contributed by atoms with van der Waals surface area (Å²) in [4.78, 5) is 4.23. The molecule has 20 heavy (non-hydrogen) atoms. The summed E-state index contributed by atoms with van der Waals surface area (Å²) in [5.41, 5.74) is 1.37. The van der Waals surface area contributed by atoms with Gasteiger partial charge in [0.15, 0.2) is 0 Å². The molecule has 0 aliphatic rings. The van der Waals surface area contributed by atoms with Crippen molar-refractivity contribution in [3.8, 4) is 11.8 Å². The highest BCUT2D eigenvalue weighted by Crippen LogP contribution is 2.21. The van der Waals surface area contributed by atoms with Crippen molar-refractivity contribution >= 4 is 11.8 Å². The summed E-state index contributed by atoms with van der Waals surface area (Å²) in [5.74, 6) is 5.86. The van der Waals surface area contributed by atoms with Crippen molar-refractivity contribution in [2.24, 2.45) is 0 Å². The Morgan fingerprint density at radius 2 is 2.15 bits per heavy atom. The van der Waals surface area contributed by atoms with E-state index in [0.29, 0.717) is 17.7 Å². The maximum absolute atomic E-state index is 13.6. The lowest BCUT2D eigenvalue weighted by molar-refractivity contribution is 0.305. The molecule has 2 nitrogen and oxygen atoms in total. The van der Waals surface area contributed by atoms with Crippen LogP contribution in [-0.4, -0.2) is 16.7 Å². The van der Waals surface area contributed by atoms with Gasteiger partial charge in [-0.2, -0.15) is 0 Å². The van der Waals surface area contributed by atoms with Crippen LogP contribution in [0.3, 0.4) is 0 Å². The van der Waals surface area contributed by atoms with Gasteiger partial charge in [-0.05, 0) is 29.8 Å². The van der Waals surface area contributed by atoms with Gasteiger partial charge < -0.3 is 5.11 Å². The van der Waals surface area contributed by atoms with Gasteiger partial charge in [0.1, 0.15) is 5.82 Å². The number of aliphatic hydroxyl groups excluding tert-OH is 1. The number of aliphatic hydroxyl groups is 1. The lowest BCUT2D eigenvalue weighted by Gasteiger charge is -2.03. The topological polar surface area (TPSA) is 33.1 Å². The van der Waals surface area contributed by atoms with Crippen LogP contribution in [0.25, 0.3) is 0 Å². The number of thioether (sulfide) groups is 1. The van der Waals surface area contributed by atoms with E-state index in [1.165, 1.54) is 6.07 Å². The molecule has 0 spiro atoms. The zero-order valence-electron chi connectivity index (χ0n) is 10.8. The summed E-state index contributed by atoms with van der Waals surface area (Å²) in [6.07, 6.45) is 2.10. The normalized spacial score (nSPS) is 9.90. The van der Waals surface area contributed by atoms with Crippen LogP contribution in [-0.2, 0) is 5.75 Å². The number of pyridine rings is 1. The number of rotatable bonds is 4. The highest BCUT2D eigenvalue weighted by atomic mass is 32.2. The number of aromatic nitrogens is 1. The first kappa shape index (κ1) is 14.6. The van der Waals surface area contributed by atoms with Gasteiger partial charge in [-0.1, -0.05) is 24.0 Å². The van der Waals surface area contributed by atoms with E-state index in [1.807, 2.05) is 18.2 Å². The zero-order chi connectivity index (χ0) is 14.2. The minimum atomic E-state index is -0.331.